The molecule has 1 aromatic rings. The first-order chi connectivity index (χ1) is 20.8. The number of Topliss-reactive ketones (excluding diaryl/α,β-unsaturated/α-hetero) is 1. The summed E-state index contributed by atoms with van der Waals surface area (Å²) in [4.78, 5) is 24.3. The summed E-state index contributed by atoms with van der Waals surface area (Å²) in [7, 11) is 0. The summed E-state index contributed by atoms with van der Waals surface area (Å²) in [6, 6.07) is 6.97. The lowest BCUT2D eigenvalue weighted by atomic mass is 10.1. The Labute approximate surface area is 262 Å². The summed E-state index contributed by atoms with van der Waals surface area (Å²) in [5.41, 5.74) is 0.0279. The molecule has 240 valence electrons. The van der Waals surface area contributed by atoms with Crippen LogP contribution in [0.1, 0.15) is 76.6 Å². The van der Waals surface area contributed by atoms with Crippen LogP contribution < -0.4 is 10.1 Å². The molecule has 1 aromatic carbocycles. The zero-order chi connectivity index (χ0) is 31.5. The van der Waals surface area contributed by atoms with Gasteiger partial charge in [-0.05, 0) is 61.6 Å². The number of hydrogen-bond acceptors (Lipinski definition) is 9. The molecular formula is C33H50N2O7S. The number of carbonyl (C=O) groups is 2. The van der Waals surface area contributed by atoms with Crippen LogP contribution in [0.3, 0.4) is 0 Å². The Morgan fingerprint density at radius 3 is 2.33 bits per heavy atom. The second kappa shape index (κ2) is 25.9. The van der Waals surface area contributed by atoms with Crippen LogP contribution >= 0.6 is 11.8 Å². The summed E-state index contributed by atoms with van der Waals surface area (Å²) >= 11 is 0.970. The molecule has 0 fully saturated rings. The topological polar surface area (TPSA) is 116 Å². The predicted octanol–water partition coefficient (Wildman–Crippen LogP) is 5.63. The first-order valence-corrected chi connectivity index (χ1v) is 16.1. The van der Waals surface area contributed by atoms with Gasteiger partial charge < -0.3 is 29.0 Å². The van der Waals surface area contributed by atoms with E-state index in [-0.39, 0.29) is 18.3 Å². The Hall–Kier alpha value is -2.60. The van der Waals surface area contributed by atoms with E-state index in [1.165, 1.54) is 0 Å². The Morgan fingerprint density at radius 2 is 1.63 bits per heavy atom. The average Bonchev–Trinajstić information content (AvgIpc) is 2.98. The first-order valence-electron chi connectivity index (χ1n) is 15.2. The lowest BCUT2D eigenvalue weighted by molar-refractivity contribution is -0.119. The molecule has 9 nitrogen and oxygen atoms in total. The van der Waals surface area contributed by atoms with Crippen molar-refractivity contribution in [2.75, 3.05) is 59.4 Å². The summed E-state index contributed by atoms with van der Waals surface area (Å²) < 4.78 is 28.0. The standard InChI is InChI=1S/C33H50N2O7S/c1-27(2)10-6-16-35-33(37)29-12-5-15-31(24-29)42-25-32(43-26-34)41-23-22-40-21-20-39-19-9-14-30(36)13-8-18-38-17-7-11-28(3)4/h5,12,15,24,27-28,32H,6,8-10,13-14,16-23,25H2,1-4H3,(H,35,37)/t32-/m1/s1. The van der Waals surface area contributed by atoms with E-state index < -0.39 is 5.44 Å². The number of ketones is 1. The van der Waals surface area contributed by atoms with Crippen LogP contribution in [0.4, 0.5) is 0 Å². The molecule has 0 bridgehead atoms. The quantitative estimate of drug-likeness (QED) is 0.0644. The molecule has 0 aliphatic heterocycles. The Kier molecular flexibility index (Phi) is 23.1. The Balaban J connectivity index is 2.10. The van der Waals surface area contributed by atoms with Gasteiger partial charge in [0, 0.05) is 44.1 Å². The van der Waals surface area contributed by atoms with Gasteiger partial charge in [0.25, 0.3) is 5.91 Å². The van der Waals surface area contributed by atoms with Gasteiger partial charge >= 0.3 is 0 Å². The fourth-order valence-corrected chi connectivity index (χ4v) is 4.10. The number of thiocyanates is 1. The highest BCUT2D eigenvalue weighted by atomic mass is 32.2. The number of nitrogens with one attached hydrogen (secondary N) is 1. The molecule has 0 heterocycles. The van der Waals surface area contributed by atoms with E-state index in [9.17, 15) is 9.59 Å². The molecule has 0 spiro atoms. The Bertz CT molecular complexity index is 1000. The summed E-state index contributed by atoms with van der Waals surface area (Å²) in [5.74, 6) is 7.56. The second-order valence-electron chi connectivity index (χ2n) is 10.6. The van der Waals surface area contributed by atoms with Crippen molar-refractivity contribution in [3.05, 3.63) is 29.8 Å². The van der Waals surface area contributed by atoms with Crippen LogP contribution in [0.25, 0.3) is 0 Å². The van der Waals surface area contributed by atoms with Crippen molar-refractivity contribution in [3.63, 3.8) is 0 Å². The molecule has 1 amide bonds. The number of thioether (sulfide) groups is 1. The maximum atomic E-state index is 12.4. The number of rotatable bonds is 25. The number of ether oxygens (including phenoxy) is 5. The van der Waals surface area contributed by atoms with E-state index >= 15 is 0 Å². The van der Waals surface area contributed by atoms with Gasteiger partial charge in [-0.2, -0.15) is 5.26 Å². The van der Waals surface area contributed by atoms with E-state index in [1.807, 2.05) is 19.2 Å². The highest BCUT2D eigenvalue weighted by Gasteiger charge is 2.13. The van der Waals surface area contributed by atoms with Crippen LogP contribution in [0.5, 0.6) is 5.75 Å². The molecule has 0 aromatic heterocycles. The number of hydrogen-bond donors (Lipinski definition) is 1. The van der Waals surface area contributed by atoms with Gasteiger partial charge in [0.15, 0.2) is 5.44 Å². The lowest BCUT2D eigenvalue weighted by Crippen LogP contribution is -2.25. The molecular weight excluding hydrogens is 568 g/mol. The fraction of sp³-hybridized carbons (Fsp3) is 0.667. The minimum absolute atomic E-state index is 0.136. The molecule has 1 atom stereocenters. The summed E-state index contributed by atoms with van der Waals surface area (Å²) in [6.45, 7) is 12.1. The minimum Gasteiger partial charge on any atom is -0.490 e. The van der Waals surface area contributed by atoms with Crippen LogP contribution in [0.2, 0.25) is 0 Å². The number of nitrogens with zero attached hydrogens (tertiary/aromatic N) is 1. The van der Waals surface area contributed by atoms with E-state index in [0.29, 0.717) is 102 Å². The normalized spacial score (nSPS) is 11.6. The van der Waals surface area contributed by atoms with Gasteiger partial charge in [0.05, 0.1) is 26.4 Å². The predicted molar refractivity (Wildman–Crippen MR) is 170 cm³/mol. The molecule has 1 rings (SSSR count). The molecule has 0 saturated carbocycles. The van der Waals surface area contributed by atoms with Crippen molar-refractivity contribution in [2.45, 2.75) is 71.7 Å². The van der Waals surface area contributed by atoms with Crippen molar-refractivity contribution in [2.24, 2.45) is 11.8 Å². The van der Waals surface area contributed by atoms with Crippen LogP contribution in [-0.2, 0) is 23.7 Å². The van der Waals surface area contributed by atoms with Crippen molar-refractivity contribution in [1.29, 1.82) is 5.26 Å². The van der Waals surface area contributed by atoms with E-state index in [0.717, 1.165) is 24.6 Å². The zero-order valence-corrected chi connectivity index (χ0v) is 27.2. The van der Waals surface area contributed by atoms with Crippen molar-refractivity contribution in [3.8, 4) is 23.0 Å². The zero-order valence-electron chi connectivity index (χ0n) is 26.4. The molecule has 43 heavy (non-hydrogen) atoms. The molecule has 10 heteroatoms. The minimum atomic E-state index is -0.499. The molecule has 0 radical (unpaired) electrons. The maximum absolute atomic E-state index is 12.4. The van der Waals surface area contributed by atoms with Crippen LogP contribution in [-0.4, -0.2) is 76.5 Å². The lowest BCUT2D eigenvalue weighted by Gasteiger charge is -2.16. The van der Waals surface area contributed by atoms with Crippen molar-refractivity contribution in [1.82, 2.24) is 5.32 Å². The smallest absolute Gasteiger partial charge is 0.251 e. The second-order valence-corrected chi connectivity index (χ2v) is 11.6. The monoisotopic (exact) mass is 618 g/mol. The van der Waals surface area contributed by atoms with Gasteiger partial charge in [-0.3, -0.25) is 9.59 Å². The fourth-order valence-electron chi connectivity index (χ4n) is 3.68. The molecule has 1 N–H and O–H groups in total. The number of carbonyl (C=O) groups excluding carboxylic acids is 2. The summed E-state index contributed by atoms with van der Waals surface area (Å²) in [6.07, 6.45) is 4.41. The van der Waals surface area contributed by atoms with Gasteiger partial charge in [0.2, 0.25) is 0 Å². The number of amides is 1. The van der Waals surface area contributed by atoms with E-state index in [1.54, 1.807) is 24.3 Å². The molecule has 0 saturated heterocycles. The van der Waals surface area contributed by atoms with E-state index in [4.69, 9.17) is 28.9 Å². The first kappa shape index (κ1) is 38.4. The largest absolute Gasteiger partial charge is 0.490 e. The molecule has 0 aliphatic rings. The summed E-state index contributed by atoms with van der Waals surface area (Å²) in [5, 5.41) is 14.1. The number of nitriles is 1. The molecule has 0 aliphatic carbocycles. The Morgan fingerprint density at radius 1 is 0.930 bits per heavy atom. The molecule has 0 unspecified atom stereocenters. The van der Waals surface area contributed by atoms with Crippen LogP contribution in [0, 0.1) is 34.3 Å². The third-order valence-electron chi connectivity index (χ3n) is 5.87. The van der Waals surface area contributed by atoms with Crippen molar-refractivity contribution >= 4 is 23.5 Å². The highest BCUT2D eigenvalue weighted by molar-refractivity contribution is 8.04. The highest BCUT2D eigenvalue weighted by Crippen LogP contribution is 2.17. The van der Waals surface area contributed by atoms with Gasteiger partial charge in [-0.25, -0.2) is 0 Å². The van der Waals surface area contributed by atoms with Gasteiger partial charge in [-0.15, -0.1) is 0 Å². The third kappa shape index (κ3) is 22.6. The van der Waals surface area contributed by atoms with Gasteiger partial charge in [0.1, 0.15) is 30.1 Å². The maximum Gasteiger partial charge on any atom is 0.251 e. The average molecular weight is 619 g/mol. The van der Waals surface area contributed by atoms with Crippen molar-refractivity contribution < 1.29 is 33.3 Å². The SMILES string of the molecule is CC(C)C#CCOCCCC(=O)CCCOCCOCCO[C@@H](COc1cccc(C(=O)NCCCC(C)C)c1)SC#N. The number of benzene rings is 1. The van der Waals surface area contributed by atoms with E-state index in [2.05, 4.69) is 31.0 Å². The third-order valence-corrected chi connectivity index (χ3v) is 6.51. The van der Waals surface area contributed by atoms with Crippen LogP contribution in [0.15, 0.2) is 24.3 Å². The van der Waals surface area contributed by atoms with Gasteiger partial charge in [-0.1, -0.05) is 45.6 Å².